The number of amides is 1. The Balaban J connectivity index is 1.58. The third-order valence-electron chi connectivity index (χ3n) is 3.94. The molecule has 0 saturated carbocycles. The highest BCUT2D eigenvalue weighted by Crippen LogP contribution is 2.29. The van der Waals surface area contributed by atoms with Crippen LogP contribution in [0.25, 0.3) is 0 Å². The summed E-state index contributed by atoms with van der Waals surface area (Å²) in [4.78, 5) is 12.2. The second-order valence-corrected chi connectivity index (χ2v) is 6.78. The van der Waals surface area contributed by atoms with Crippen LogP contribution >= 0.6 is 11.8 Å². The van der Waals surface area contributed by atoms with Crippen LogP contribution in [0.1, 0.15) is 11.4 Å². The average Bonchev–Trinajstić information content (AvgIpc) is 3.06. The van der Waals surface area contributed by atoms with Crippen LogP contribution in [-0.4, -0.2) is 40.8 Å². The zero-order valence-electron chi connectivity index (χ0n) is 15.6. The maximum absolute atomic E-state index is 12.2. The van der Waals surface area contributed by atoms with E-state index in [1.165, 1.54) is 16.4 Å². The Labute approximate surface area is 167 Å². The number of nitrogens with two attached hydrogens (primary N) is 1. The van der Waals surface area contributed by atoms with E-state index in [0.29, 0.717) is 34.6 Å². The van der Waals surface area contributed by atoms with E-state index in [9.17, 15) is 4.79 Å². The van der Waals surface area contributed by atoms with Gasteiger partial charge < -0.3 is 20.6 Å². The molecule has 3 rings (SSSR count). The Hall–Kier alpha value is -3.20. The van der Waals surface area contributed by atoms with Crippen molar-refractivity contribution in [2.45, 2.75) is 11.6 Å². The molecule has 0 bridgehead atoms. The Bertz CT molecular complexity index is 946. The van der Waals surface area contributed by atoms with Crippen LogP contribution in [0.15, 0.2) is 53.7 Å². The molecular weight excluding hydrogens is 378 g/mol. The highest BCUT2D eigenvalue weighted by molar-refractivity contribution is 7.99. The number of hydrogen-bond donors (Lipinski definition) is 2. The first-order valence-corrected chi connectivity index (χ1v) is 9.47. The van der Waals surface area contributed by atoms with E-state index < -0.39 is 0 Å². The van der Waals surface area contributed by atoms with Gasteiger partial charge >= 0.3 is 0 Å². The minimum absolute atomic E-state index is 0.148. The van der Waals surface area contributed by atoms with Crippen LogP contribution in [0.2, 0.25) is 0 Å². The molecule has 0 fully saturated rings. The molecule has 28 heavy (non-hydrogen) atoms. The second kappa shape index (κ2) is 9.14. The Morgan fingerprint density at radius 3 is 2.57 bits per heavy atom. The summed E-state index contributed by atoms with van der Waals surface area (Å²) in [5.74, 6) is 7.80. The van der Waals surface area contributed by atoms with Crippen molar-refractivity contribution in [3.05, 3.63) is 59.9 Å². The number of aromatic nitrogens is 3. The minimum Gasteiger partial charge on any atom is -0.493 e. The zero-order chi connectivity index (χ0) is 19.9. The number of carbonyl (C=O) groups is 1. The van der Waals surface area contributed by atoms with E-state index in [4.69, 9.17) is 15.3 Å². The molecule has 0 spiro atoms. The first-order valence-electron chi connectivity index (χ1n) is 8.48. The van der Waals surface area contributed by atoms with Gasteiger partial charge in [0.15, 0.2) is 17.3 Å². The molecular formula is C19H21N5O3S. The van der Waals surface area contributed by atoms with Gasteiger partial charge in [0.25, 0.3) is 0 Å². The van der Waals surface area contributed by atoms with Crippen LogP contribution in [0.4, 0.5) is 5.69 Å². The maximum Gasteiger partial charge on any atom is 0.234 e. The molecule has 3 N–H and O–H groups in total. The molecule has 1 heterocycles. The van der Waals surface area contributed by atoms with Gasteiger partial charge in [0, 0.05) is 18.2 Å². The number of rotatable bonds is 8. The minimum atomic E-state index is -0.190. The van der Waals surface area contributed by atoms with Gasteiger partial charge in [-0.3, -0.25) is 4.79 Å². The summed E-state index contributed by atoms with van der Waals surface area (Å²) < 4.78 is 11.8. The molecule has 0 aliphatic carbocycles. The molecule has 146 valence electrons. The normalized spacial score (nSPS) is 10.5. The van der Waals surface area contributed by atoms with Crippen molar-refractivity contribution in [1.82, 2.24) is 14.9 Å². The summed E-state index contributed by atoms with van der Waals surface area (Å²) in [5, 5.41) is 11.5. The number of benzene rings is 2. The highest BCUT2D eigenvalue weighted by atomic mass is 32.2. The van der Waals surface area contributed by atoms with Gasteiger partial charge in [-0.25, -0.2) is 4.68 Å². The van der Waals surface area contributed by atoms with Gasteiger partial charge in [-0.1, -0.05) is 42.1 Å². The van der Waals surface area contributed by atoms with Crippen molar-refractivity contribution in [3.8, 4) is 11.5 Å². The van der Waals surface area contributed by atoms with E-state index >= 15 is 0 Å². The van der Waals surface area contributed by atoms with E-state index in [-0.39, 0.29) is 11.7 Å². The number of anilines is 1. The van der Waals surface area contributed by atoms with Crippen LogP contribution in [0.5, 0.6) is 11.5 Å². The number of thioether (sulfide) groups is 1. The summed E-state index contributed by atoms with van der Waals surface area (Å²) >= 11 is 1.22. The maximum atomic E-state index is 12.2. The van der Waals surface area contributed by atoms with E-state index in [1.807, 2.05) is 30.3 Å². The van der Waals surface area contributed by atoms with Gasteiger partial charge in [0.05, 0.1) is 20.0 Å². The fraction of sp³-hybridized carbons (Fsp3) is 0.211. The van der Waals surface area contributed by atoms with Crippen molar-refractivity contribution in [2.75, 3.05) is 31.1 Å². The first kappa shape index (κ1) is 19.6. The first-order chi connectivity index (χ1) is 13.6. The lowest BCUT2D eigenvalue weighted by Gasteiger charge is -2.10. The van der Waals surface area contributed by atoms with Gasteiger partial charge in [-0.2, -0.15) is 0 Å². The third-order valence-corrected chi connectivity index (χ3v) is 4.88. The number of nitrogens with one attached hydrogen (secondary N) is 1. The van der Waals surface area contributed by atoms with Gasteiger partial charge in [-0.15, -0.1) is 10.2 Å². The molecule has 9 heteroatoms. The lowest BCUT2D eigenvalue weighted by atomic mass is 10.1. The second-order valence-electron chi connectivity index (χ2n) is 5.84. The lowest BCUT2D eigenvalue weighted by molar-refractivity contribution is -0.113. The molecule has 8 nitrogen and oxygen atoms in total. The quantitative estimate of drug-likeness (QED) is 0.442. The zero-order valence-corrected chi connectivity index (χ0v) is 16.4. The van der Waals surface area contributed by atoms with Crippen LogP contribution in [0.3, 0.4) is 0 Å². The standard InChI is InChI=1S/C19H21N5O3S/c1-26-15-9-8-14(11-16(15)27-2)21-18(25)12-28-19-23-22-17(24(19)20)10-13-6-4-3-5-7-13/h3-9,11H,10,12,20H2,1-2H3,(H,21,25). The topological polar surface area (TPSA) is 104 Å². The predicted molar refractivity (Wildman–Crippen MR) is 108 cm³/mol. The van der Waals surface area contributed by atoms with Crippen molar-refractivity contribution >= 4 is 23.4 Å². The molecule has 0 atom stereocenters. The molecule has 1 amide bonds. The third kappa shape index (κ3) is 4.74. The Morgan fingerprint density at radius 2 is 1.86 bits per heavy atom. The van der Waals surface area contributed by atoms with E-state index in [0.717, 1.165) is 5.56 Å². The molecule has 3 aromatic rings. The molecule has 2 aromatic carbocycles. The summed E-state index contributed by atoms with van der Waals surface area (Å²) in [6, 6.07) is 15.0. The van der Waals surface area contributed by atoms with Gasteiger partial charge in [-0.05, 0) is 17.7 Å². The summed E-state index contributed by atoms with van der Waals surface area (Å²) in [5.41, 5.74) is 1.70. The fourth-order valence-electron chi connectivity index (χ4n) is 2.55. The van der Waals surface area contributed by atoms with Crippen molar-refractivity contribution < 1.29 is 14.3 Å². The monoisotopic (exact) mass is 399 g/mol. The predicted octanol–water partition coefficient (Wildman–Crippen LogP) is 2.33. The molecule has 0 radical (unpaired) electrons. The van der Waals surface area contributed by atoms with E-state index in [2.05, 4.69) is 15.5 Å². The van der Waals surface area contributed by atoms with Gasteiger partial charge in [0.2, 0.25) is 11.1 Å². The Kier molecular flexibility index (Phi) is 6.38. The highest BCUT2D eigenvalue weighted by Gasteiger charge is 2.13. The molecule has 0 saturated heterocycles. The molecule has 0 aliphatic rings. The lowest BCUT2D eigenvalue weighted by Crippen LogP contribution is -2.17. The SMILES string of the molecule is COc1ccc(NC(=O)CSc2nnc(Cc3ccccc3)n2N)cc1OC. The molecule has 0 aliphatic heterocycles. The largest absolute Gasteiger partial charge is 0.493 e. The number of hydrogen-bond acceptors (Lipinski definition) is 7. The van der Waals surface area contributed by atoms with Crippen molar-refractivity contribution in [3.63, 3.8) is 0 Å². The molecule has 0 unspecified atom stereocenters. The summed E-state index contributed by atoms with van der Waals surface area (Å²) in [7, 11) is 3.10. The van der Waals surface area contributed by atoms with Crippen molar-refractivity contribution in [1.29, 1.82) is 0 Å². The van der Waals surface area contributed by atoms with Crippen molar-refractivity contribution in [2.24, 2.45) is 0 Å². The van der Waals surface area contributed by atoms with Crippen LogP contribution < -0.4 is 20.6 Å². The van der Waals surface area contributed by atoms with Crippen LogP contribution in [0, 0.1) is 0 Å². The number of nitrogen functional groups attached to an aromatic ring is 1. The van der Waals surface area contributed by atoms with Crippen LogP contribution in [-0.2, 0) is 11.2 Å². The summed E-state index contributed by atoms with van der Waals surface area (Å²) in [6.07, 6.45) is 0.572. The van der Waals surface area contributed by atoms with E-state index in [1.54, 1.807) is 32.4 Å². The number of methoxy groups -OCH3 is 2. The Morgan fingerprint density at radius 1 is 1.11 bits per heavy atom. The average molecular weight is 399 g/mol. The fourth-order valence-corrected chi connectivity index (χ4v) is 3.22. The smallest absolute Gasteiger partial charge is 0.234 e. The number of carbonyl (C=O) groups excluding carboxylic acids is 1. The number of nitrogens with zero attached hydrogens (tertiary/aromatic N) is 3. The number of ether oxygens (including phenoxy) is 2. The summed E-state index contributed by atoms with van der Waals surface area (Å²) in [6.45, 7) is 0. The molecule has 1 aromatic heterocycles. The van der Waals surface area contributed by atoms with Gasteiger partial charge in [0.1, 0.15) is 0 Å².